The van der Waals surface area contributed by atoms with Crippen LogP contribution in [0.3, 0.4) is 0 Å². The summed E-state index contributed by atoms with van der Waals surface area (Å²) in [4.78, 5) is 0. The molecule has 15 heavy (non-hydrogen) atoms. The molecule has 1 N–H and O–H groups in total. The molecule has 0 spiro atoms. The number of benzene rings is 1. The highest BCUT2D eigenvalue weighted by atomic mass is 14.9. The van der Waals surface area contributed by atoms with Crippen molar-refractivity contribution in [3.8, 4) is 12.3 Å². The highest BCUT2D eigenvalue weighted by Gasteiger charge is 2.08. The second kappa shape index (κ2) is 5.58. The Bertz CT molecular complexity index is 340. The maximum atomic E-state index is 5.29. The van der Waals surface area contributed by atoms with E-state index in [-0.39, 0.29) is 0 Å². The van der Waals surface area contributed by atoms with Crippen molar-refractivity contribution in [2.24, 2.45) is 0 Å². The molecule has 0 saturated heterocycles. The second-order valence-electron chi connectivity index (χ2n) is 4.01. The molecule has 1 aromatic carbocycles. The Kier molecular flexibility index (Phi) is 4.39. The minimum absolute atomic E-state index is 0.375. The van der Waals surface area contributed by atoms with E-state index in [1.54, 1.807) is 0 Å². The Morgan fingerprint density at radius 3 is 2.33 bits per heavy atom. The van der Waals surface area contributed by atoms with Gasteiger partial charge >= 0.3 is 0 Å². The van der Waals surface area contributed by atoms with Gasteiger partial charge in [0, 0.05) is 12.5 Å². The van der Waals surface area contributed by atoms with Gasteiger partial charge in [-0.2, -0.15) is 0 Å². The third-order valence-corrected chi connectivity index (χ3v) is 2.57. The van der Waals surface area contributed by atoms with Crippen LogP contribution in [0.15, 0.2) is 18.2 Å². The number of rotatable bonds is 4. The van der Waals surface area contributed by atoms with E-state index < -0.39 is 0 Å². The largest absolute Gasteiger partial charge is 0.313 e. The fraction of sp³-hybridized carbons (Fsp3) is 0.429. The predicted octanol–water partition coefficient (Wildman–Crippen LogP) is 2.98. The van der Waals surface area contributed by atoms with E-state index in [0.29, 0.717) is 6.04 Å². The minimum Gasteiger partial charge on any atom is -0.313 e. The summed E-state index contributed by atoms with van der Waals surface area (Å²) in [6.45, 7) is 4.26. The molecular weight excluding hydrogens is 182 g/mol. The predicted molar refractivity (Wildman–Crippen MR) is 65.8 cm³/mol. The van der Waals surface area contributed by atoms with Gasteiger partial charge in [0.2, 0.25) is 0 Å². The molecule has 0 heterocycles. The highest BCUT2D eigenvalue weighted by Crippen LogP contribution is 2.20. The number of hydrogen-bond acceptors (Lipinski definition) is 1. The van der Waals surface area contributed by atoms with Gasteiger partial charge in [-0.15, -0.1) is 12.3 Å². The smallest absolute Gasteiger partial charge is 0.0326 e. The number of terminal acetylenes is 1. The lowest BCUT2D eigenvalue weighted by Gasteiger charge is -2.16. The van der Waals surface area contributed by atoms with Crippen LogP contribution in [-0.2, 0) is 0 Å². The van der Waals surface area contributed by atoms with E-state index in [1.807, 2.05) is 7.05 Å². The molecule has 0 fully saturated rings. The summed E-state index contributed by atoms with van der Waals surface area (Å²) in [6.07, 6.45) is 7.11. The lowest BCUT2D eigenvalue weighted by Crippen LogP contribution is -2.16. The van der Waals surface area contributed by atoms with E-state index in [4.69, 9.17) is 6.42 Å². The van der Waals surface area contributed by atoms with E-state index in [2.05, 4.69) is 43.3 Å². The minimum atomic E-state index is 0.375. The maximum absolute atomic E-state index is 5.29. The molecule has 1 nitrogen and oxygen atoms in total. The van der Waals surface area contributed by atoms with Crippen LogP contribution in [0, 0.1) is 26.2 Å². The van der Waals surface area contributed by atoms with Crippen LogP contribution in [0.25, 0.3) is 0 Å². The van der Waals surface area contributed by atoms with Crippen molar-refractivity contribution in [1.29, 1.82) is 0 Å². The molecule has 0 saturated carbocycles. The van der Waals surface area contributed by atoms with Gasteiger partial charge in [-0.05, 0) is 32.9 Å². The van der Waals surface area contributed by atoms with Crippen LogP contribution >= 0.6 is 0 Å². The lowest BCUT2D eigenvalue weighted by molar-refractivity contribution is 0.558. The van der Waals surface area contributed by atoms with Crippen molar-refractivity contribution in [3.05, 3.63) is 34.9 Å². The van der Waals surface area contributed by atoms with Gasteiger partial charge in [0.05, 0.1) is 0 Å². The molecule has 0 aliphatic carbocycles. The zero-order valence-electron chi connectivity index (χ0n) is 9.80. The first kappa shape index (κ1) is 11.8. The summed E-state index contributed by atoms with van der Waals surface area (Å²) in [6, 6.07) is 7.02. The van der Waals surface area contributed by atoms with Gasteiger partial charge in [0.1, 0.15) is 0 Å². The van der Waals surface area contributed by atoms with Crippen molar-refractivity contribution in [1.82, 2.24) is 5.32 Å². The molecule has 80 valence electrons. The highest BCUT2D eigenvalue weighted by molar-refractivity contribution is 5.30. The fourth-order valence-electron chi connectivity index (χ4n) is 1.92. The molecule has 0 aliphatic heterocycles. The first-order chi connectivity index (χ1) is 7.17. The quantitative estimate of drug-likeness (QED) is 0.738. The van der Waals surface area contributed by atoms with Gasteiger partial charge in [-0.1, -0.05) is 29.3 Å². The van der Waals surface area contributed by atoms with Crippen LogP contribution in [0.4, 0.5) is 0 Å². The van der Waals surface area contributed by atoms with Crippen LogP contribution in [0.2, 0.25) is 0 Å². The second-order valence-corrected chi connectivity index (χ2v) is 4.01. The first-order valence-corrected chi connectivity index (χ1v) is 5.36. The summed E-state index contributed by atoms with van der Waals surface area (Å²) >= 11 is 0. The topological polar surface area (TPSA) is 12.0 Å². The first-order valence-electron chi connectivity index (χ1n) is 5.36. The maximum Gasteiger partial charge on any atom is 0.0326 e. The third kappa shape index (κ3) is 3.42. The van der Waals surface area contributed by atoms with Crippen LogP contribution in [0.1, 0.15) is 35.6 Å². The Hall–Kier alpha value is -1.26. The molecule has 1 atom stereocenters. The Morgan fingerprint density at radius 2 is 1.87 bits per heavy atom. The van der Waals surface area contributed by atoms with Crippen molar-refractivity contribution < 1.29 is 0 Å². The molecule has 0 radical (unpaired) electrons. The molecule has 0 bridgehead atoms. The Morgan fingerprint density at radius 1 is 1.27 bits per heavy atom. The standard InChI is InChI=1S/C14H19N/c1-5-6-7-14(15-4)13-9-11(2)8-12(3)10-13/h1,8-10,14-15H,6-7H2,2-4H3. The van der Waals surface area contributed by atoms with Crippen molar-refractivity contribution >= 4 is 0 Å². The summed E-state index contributed by atoms with van der Waals surface area (Å²) in [7, 11) is 1.98. The number of nitrogens with one attached hydrogen (secondary N) is 1. The summed E-state index contributed by atoms with van der Waals surface area (Å²) < 4.78 is 0. The average Bonchev–Trinajstić information content (AvgIpc) is 2.17. The fourth-order valence-corrected chi connectivity index (χ4v) is 1.92. The molecule has 1 heteroatoms. The zero-order valence-corrected chi connectivity index (χ0v) is 9.80. The van der Waals surface area contributed by atoms with Crippen LogP contribution < -0.4 is 5.32 Å². The normalized spacial score (nSPS) is 12.1. The Labute approximate surface area is 92.9 Å². The molecule has 1 rings (SSSR count). The van der Waals surface area contributed by atoms with E-state index in [9.17, 15) is 0 Å². The van der Waals surface area contributed by atoms with E-state index in [0.717, 1.165) is 12.8 Å². The number of hydrogen-bond donors (Lipinski definition) is 1. The summed E-state index contributed by atoms with van der Waals surface area (Å²) in [5.74, 6) is 2.69. The number of aryl methyl sites for hydroxylation is 2. The van der Waals surface area contributed by atoms with Gasteiger partial charge in [-0.3, -0.25) is 0 Å². The van der Waals surface area contributed by atoms with Crippen molar-refractivity contribution in [2.45, 2.75) is 32.7 Å². The van der Waals surface area contributed by atoms with Gasteiger partial charge in [-0.25, -0.2) is 0 Å². The monoisotopic (exact) mass is 201 g/mol. The third-order valence-electron chi connectivity index (χ3n) is 2.57. The lowest BCUT2D eigenvalue weighted by atomic mass is 9.98. The van der Waals surface area contributed by atoms with Gasteiger partial charge < -0.3 is 5.32 Å². The zero-order chi connectivity index (χ0) is 11.3. The average molecular weight is 201 g/mol. The van der Waals surface area contributed by atoms with Crippen LogP contribution in [0.5, 0.6) is 0 Å². The molecular formula is C14H19N. The Balaban J connectivity index is 2.87. The SMILES string of the molecule is C#CCCC(NC)c1cc(C)cc(C)c1. The van der Waals surface area contributed by atoms with Gasteiger partial charge in [0.15, 0.2) is 0 Å². The van der Waals surface area contributed by atoms with Crippen molar-refractivity contribution in [3.63, 3.8) is 0 Å². The van der Waals surface area contributed by atoms with Gasteiger partial charge in [0.25, 0.3) is 0 Å². The van der Waals surface area contributed by atoms with E-state index in [1.165, 1.54) is 16.7 Å². The van der Waals surface area contributed by atoms with Crippen molar-refractivity contribution in [2.75, 3.05) is 7.05 Å². The van der Waals surface area contributed by atoms with E-state index >= 15 is 0 Å². The molecule has 1 aromatic rings. The molecule has 1 unspecified atom stereocenters. The molecule has 0 amide bonds. The molecule has 0 aliphatic rings. The summed E-state index contributed by atoms with van der Waals surface area (Å²) in [5.41, 5.74) is 3.96. The van der Waals surface area contributed by atoms with Crippen LogP contribution in [-0.4, -0.2) is 7.05 Å². The summed E-state index contributed by atoms with van der Waals surface area (Å²) in [5, 5.41) is 3.31. The molecule has 0 aromatic heterocycles.